The molecular weight excluding hydrogens is 178 g/mol. The van der Waals surface area contributed by atoms with Gasteiger partial charge in [-0.05, 0) is 17.7 Å². The molecule has 0 amide bonds. The number of hydrogen-bond acceptors (Lipinski definition) is 3. The second-order valence-corrected chi connectivity index (χ2v) is 3.16. The summed E-state index contributed by atoms with van der Waals surface area (Å²) in [4.78, 5) is 0. The van der Waals surface area contributed by atoms with Gasteiger partial charge in [-0.2, -0.15) is 0 Å². The number of ether oxygens (including phenoxy) is 2. The van der Waals surface area contributed by atoms with Crippen molar-refractivity contribution in [1.29, 1.82) is 0 Å². The molecule has 1 aliphatic rings. The molecule has 0 spiro atoms. The molecule has 0 fully saturated rings. The van der Waals surface area contributed by atoms with Gasteiger partial charge in [0.1, 0.15) is 13.2 Å². The Labute approximate surface area is 83.1 Å². The predicted molar refractivity (Wildman–Crippen MR) is 54.6 cm³/mol. The van der Waals surface area contributed by atoms with Gasteiger partial charge in [0.25, 0.3) is 0 Å². The molecule has 3 nitrogen and oxygen atoms in total. The van der Waals surface area contributed by atoms with Gasteiger partial charge in [-0.15, -0.1) is 6.58 Å². The van der Waals surface area contributed by atoms with Crippen molar-refractivity contribution in [2.75, 3.05) is 13.2 Å². The molecule has 1 aromatic rings. The van der Waals surface area contributed by atoms with Crippen LogP contribution in [0.25, 0.3) is 0 Å². The molecule has 2 rings (SSSR count). The van der Waals surface area contributed by atoms with Gasteiger partial charge in [-0.3, -0.25) is 0 Å². The highest BCUT2D eigenvalue weighted by atomic mass is 16.6. The molecule has 1 aliphatic heterocycles. The zero-order chi connectivity index (χ0) is 9.97. The highest BCUT2D eigenvalue weighted by Crippen LogP contribution is 2.32. The molecule has 0 saturated carbocycles. The van der Waals surface area contributed by atoms with Crippen molar-refractivity contribution in [1.82, 2.24) is 0 Å². The van der Waals surface area contributed by atoms with Crippen molar-refractivity contribution in [3.05, 3.63) is 36.4 Å². The fourth-order valence-electron chi connectivity index (χ4n) is 1.40. The molecule has 0 unspecified atom stereocenters. The van der Waals surface area contributed by atoms with Crippen LogP contribution in [0.3, 0.4) is 0 Å². The second kappa shape index (κ2) is 3.72. The first-order valence-electron chi connectivity index (χ1n) is 4.59. The highest BCUT2D eigenvalue weighted by molar-refractivity contribution is 5.45. The van der Waals surface area contributed by atoms with E-state index in [4.69, 9.17) is 15.2 Å². The normalized spacial score (nSPS) is 16.1. The zero-order valence-electron chi connectivity index (χ0n) is 7.90. The molecule has 0 saturated heterocycles. The third-order valence-electron chi connectivity index (χ3n) is 2.21. The summed E-state index contributed by atoms with van der Waals surface area (Å²) in [6.07, 6.45) is 1.70. The summed E-state index contributed by atoms with van der Waals surface area (Å²) < 4.78 is 10.8. The minimum atomic E-state index is -0.147. The zero-order valence-corrected chi connectivity index (χ0v) is 7.90. The van der Waals surface area contributed by atoms with Crippen LogP contribution >= 0.6 is 0 Å². The van der Waals surface area contributed by atoms with Crippen molar-refractivity contribution >= 4 is 0 Å². The Hall–Kier alpha value is -1.48. The Balaban J connectivity index is 2.33. The van der Waals surface area contributed by atoms with E-state index in [1.165, 1.54) is 0 Å². The Morgan fingerprint density at radius 3 is 2.71 bits per heavy atom. The lowest BCUT2D eigenvalue weighted by molar-refractivity contribution is 0.171. The molecular formula is C11H13NO2. The number of benzene rings is 1. The molecule has 1 heterocycles. The topological polar surface area (TPSA) is 44.5 Å². The Kier molecular flexibility index (Phi) is 2.41. The van der Waals surface area contributed by atoms with Crippen LogP contribution in [0.1, 0.15) is 11.6 Å². The SMILES string of the molecule is C=C[C@@H](N)c1ccc2c(c1)OCCO2. The molecule has 0 radical (unpaired) electrons. The van der Waals surface area contributed by atoms with Crippen LogP contribution in [-0.4, -0.2) is 13.2 Å². The first-order valence-corrected chi connectivity index (χ1v) is 4.59. The van der Waals surface area contributed by atoms with E-state index in [0.29, 0.717) is 13.2 Å². The third-order valence-corrected chi connectivity index (χ3v) is 2.21. The summed E-state index contributed by atoms with van der Waals surface area (Å²) in [5, 5.41) is 0. The minimum Gasteiger partial charge on any atom is -0.486 e. The van der Waals surface area contributed by atoms with Crippen molar-refractivity contribution < 1.29 is 9.47 Å². The predicted octanol–water partition coefficient (Wildman–Crippen LogP) is 1.64. The molecule has 74 valence electrons. The molecule has 2 N–H and O–H groups in total. The van der Waals surface area contributed by atoms with E-state index in [2.05, 4.69) is 6.58 Å². The van der Waals surface area contributed by atoms with E-state index in [-0.39, 0.29) is 6.04 Å². The van der Waals surface area contributed by atoms with Crippen molar-refractivity contribution in [3.8, 4) is 11.5 Å². The van der Waals surface area contributed by atoms with Crippen LogP contribution in [0.2, 0.25) is 0 Å². The highest BCUT2D eigenvalue weighted by Gasteiger charge is 2.12. The van der Waals surface area contributed by atoms with E-state index in [1.807, 2.05) is 18.2 Å². The monoisotopic (exact) mass is 191 g/mol. The molecule has 1 atom stereocenters. The lowest BCUT2D eigenvalue weighted by Crippen LogP contribution is -2.16. The number of fused-ring (bicyclic) bond motifs is 1. The first-order chi connectivity index (χ1) is 6.81. The van der Waals surface area contributed by atoms with Gasteiger partial charge in [-0.25, -0.2) is 0 Å². The molecule has 0 aromatic heterocycles. The largest absolute Gasteiger partial charge is 0.486 e. The third kappa shape index (κ3) is 1.59. The van der Waals surface area contributed by atoms with E-state index in [0.717, 1.165) is 17.1 Å². The maximum absolute atomic E-state index is 5.81. The fraction of sp³-hybridized carbons (Fsp3) is 0.273. The summed E-state index contributed by atoms with van der Waals surface area (Å²) in [5.41, 5.74) is 6.80. The van der Waals surface area contributed by atoms with Crippen molar-refractivity contribution in [2.45, 2.75) is 6.04 Å². The van der Waals surface area contributed by atoms with Crippen molar-refractivity contribution in [3.63, 3.8) is 0 Å². The van der Waals surface area contributed by atoms with Crippen LogP contribution in [0.15, 0.2) is 30.9 Å². The van der Waals surface area contributed by atoms with Crippen LogP contribution in [0.5, 0.6) is 11.5 Å². The molecule has 14 heavy (non-hydrogen) atoms. The van der Waals surface area contributed by atoms with Crippen LogP contribution in [0, 0.1) is 0 Å². The standard InChI is InChI=1S/C11H13NO2/c1-2-9(12)8-3-4-10-11(7-8)14-6-5-13-10/h2-4,7,9H,1,5-6,12H2/t9-/m1/s1. The maximum Gasteiger partial charge on any atom is 0.161 e. The Morgan fingerprint density at radius 1 is 1.29 bits per heavy atom. The van der Waals surface area contributed by atoms with E-state index < -0.39 is 0 Å². The Bertz CT molecular complexity index is 349. The first kappa shape index (κ1) is 9.09. The van der Waals surface area contributed by atoms with Crippen LogP contribution in [0.4, 0.5) is 0 Å². The number of hydrogen-bond donors (Lipinski definition) is 1. The molecule has 3 heteroatoms. The lowest BCUT2D eigenvalue weighted by atomic mass is 10.1. The average Bonchev–Trinajstić information content (AvgIpc) is 2.27. The van der Waals surface area contributed by atoms with Gasteiger partial charge in [0.05, 0.1) is 0 Å². The summed E-state index contributed by atoms with van der Waals surface area (Å²) in [6.45, 7) is 4.86. The molecule has 0 aliphatic carbocycles. The smallest absolute Gasteiger partial charge is 0.161 e. The summed E-state index contributed by atoms with van der Waals surface area (Å²) >= 11 is 0. The summed E-state index contributed by atoms with van der Waals surface area (Å²) in [7, 11) is 0. The average molecular weight is 191 g/mol. The van der Waals surface area contributed by atoms with Crippen LogP contribution in [-0.2, 0) is 0 Å². The minimum absolute atomic E-state index is 0.147. The van der Waals surface area contributed by atoms with Gasteiger partial charge >= 0.3 is 0 Å². The van der Waals surface area contributed by atoms with Gasteiger partial charge in [0.15, 0.2) is 11.5 Å². The number of nitrogens with two attached hydrogens (primary N) is 1. The van der Waals surface area contributed by atoms with E-state index >= 15 is 0 Å². The fourth-order valence-corrected chi connectivity index (χ4v) is 1.40. The van der Waals surface area contributed by atoms with E-state index in [1.54, 1.807) is 6.08 Å². The maximum atomic E-state index is 5.81. The van der Waals surface area contributed by atoms with Gasteiger partial charge in [-0.1, -0.05) is 12.1 Å². The van der Waals surface area contributed by atoms with Gasteiger partial charge in [0, 0.05) is 6.04 Å². The Morgan fingerprint density at radius 2 is 2.00 bits per heavy atom. The molecule has 0 bridgehead atoms. The second-order valence-electron chi connectivity index (χ2n) is 3.16. The van der Waals surface area contributed by atoms with Gasteiger partial charge in [0.2, 0.25) is 0 Å². The summed E-state index contributed by atoms with van der Waals surface area (Å²) in [6, 6.07) is 5.57. The number of rotatable bonds is 2. The summed E-state index contributed by atoms with van der Waals surface area (Å²) in [5.74, 6) is 1.56. The quantitative estimate of drug-likeness (QED) is 0.723. The van der Waals surface area contributed by atoms with Crippen molar-refractivity contribution in [2.24, 2.45) is 5.73 Å². The van der Waals surface area contributed by atoms with Crippen LogP contribution < -0.4 is 15.2 Å². The van der Waals surface area contributed by atoms with Gasteiger partial charge < -0.3 is 15.2 Å². The van der Waals surface area contributed by atoms with E-state index in [9.17, 15) is 0 Å². The lowest BCUT2D eigenvalue weighted by Gasteiger charge is -2.19. The molecule has 1 aromatic carbocycles.